The third kappa shape index (κ3) is 6.45. The number of hydrogen-bond acceptors (Lipinski definition) is 4. The summed E-state index contributed by atoms with van der Waals surface area (Å²) >= 11 is 0. The maximum absolute atomic E-state index is 11.8. The van der Waals surface area contributed by atoms with E-state index in [4.69, 9.17) is 9.47 Å². The quantitative estimate of drug-likeness (QED) is 0.704. The lowest BCUT2D eigenvalue weighted by Crippen LogP contribution is -2.09. The zero-order valence-corrected chi connectivity index (χ0v) is 10.9. The molecule has 0 aliphatic rings. The molecule has 0 radical (unpaired) electrons. The molecule has 0 bridgehead atoms. The molecule has 0 amide bonds. The van der Waals surface area contributed by atoms with Crippen LogP contribution in [0.2, 0.25) is 0 Å². The Hall–Kier alpha value is -1.27. The van der Waals surface area contributed by atoms with E-state index in [1.807, 2.05) is 6.92 Å². The van der Waals surface area contributed by atoms with Gasteiger partial charge in [-0.15, -0.1) is 0 Å². The lowest BCUT2D eigenvalue weighted by Gasteiger charge is -2.12. The van der Waals surface area contributed by atoms with Crippen LogP contribution in [-0.2, 0) is 4.74 Å². The van der Waals surface area contributed by atoms with Crippen LogP contribution < -0.4 is 4.74 Å². The number of alkyl halides is 2. The fourth-order valence-electron chi connectivity index (χ4n) is 1.45. The van der Waals surface area contributed by atoms with Crippen molar-refractivity contribution in [1.82, 2.24) is 4.98 Å². The zero-order chi connectivity index (χ0) is 14.1. The minimum absolute atomic E-state index is 0.0750. The summed E-state index contributed by atoms with van der Waals surface area (Å²) in [5.74, 6) is 0.590. The fraction of sp³-hybridized carbons (Fsp3) is 0.615. The first-order valence-corrected chi connectivity index (χ1v) is 6.25. The second kappa shape index (κ2) is 8.77. The molecule has 1 unspecified atom stereocenters. The molecule has 0 aliphatic carbocycles. The number of ether oxygens (including phenoxy) is 2. The van der Waals surface area contributed by atoms with Gasteiger partial charge in [-0.2, -0.15) is 0 Å². The molecule has 0 spiro atoms. The first-order valence-electron chi connectivity index (χ1n) is 6.25. The Bertz CT molecular complexity index is 363. The van der Waals surface area contributed by atoms with Crippen LogP contribution in [0.15, 0.2) is 18.5 Å². The Balaban J connectivity index is 2.40. The van der Waals surface area contributed by atoms with Gasteiger partial charge in [0.1, 0.15) is 12.4 Å². The topological polar surface area (TPSA) is 51.6 Å². The van der Waals surface area contributed by atoms with Crippen LogP contribution in [0.5, 0.6) is 5.75 Å². The molecule has 1 heterocycles. The standard InChI is InChI=1S/C13H19F2NO3/c1-2-4-19-11-6-10(7-16-8-11)12(17)3-5-18-9-13(14)15/h6-8,12-13,17H,2-5,9H2,1H3. The van der Waals surface area contributed by atoms with E-state index < -0.39 is 19.1 Å². The van der Waals surface area contributed by atoms with Crippen LogP contribution in [0.4, 0.5) is 8.78 Å². The van der Waals surface area contributed by atoms with Gasteiger partial charge < -0.3 is 14.6 Å². The third-order valence-corrected chi connectivity index (χ3v) is 2.37. The lowest BCUT2D eigenvalue weighted by molar-refractivity contribution is 0.00476. The molecule has 0 aliphatic heterocycles. The molecular formula is C13H19F2NO3. The van der Waals surface area contributed by atoms with Crippen LogP contribution in [0.1, 0.15) is 31.4 Å². The van der Waals surface area contributed by atoms with Gasteiger partial charge in [0.25, 0.3) is 6.43 Å². The first kappa shape index (κ1) is 15.8. The maximum Gasteiger partial charge on any atom is 0.261 e. The summed E-state index contributed by atoms with van der Waals surface area (Å²) in [5.41, 5.74) is 0.592. The number of aliphatic hydroxyl groups excluding tert-OH is 1. The van der Waals surface area contributed by atoms with Crippen molar-refractivity contribution in [2.24, 2.45) is 0 Å². The van der Waals surface area contributed by atoms with Crippen molar-refractivity contribution >= 4 is 0 Å². The van der Waals surface area contributed by atoms with Crippen LogP contribution in [-0.4, -0.2) is 36.3 Å². The predicted molar refractivity (Wildman–Crippen MR) is 66.4 cm³/mol. The van der Waals surface area contributed by atoms with Crippen molar-refractivity contribution in [2.75, 3.05) is 19.8 Å². The Morgan fingerprint density at radius 2 is 2.11 bits per heavy atom. The zero-order valence-electron chi connectivity index (χ0n) is 10.9. The summed E-state index contributed by atoms with van der Waals surface area (Å²) in [6, 6.07) is 1.69. The fourth-order valence-corrected chi connectivity index (χ4v) is 1.45. The van der Waals surface area contributed by atoms with E-state index in [1.165, 1.54) is 6.20 Å². The number of hydrogen-bond donors (Lipinski definition) is 1. The average molecular weight is 275 g/mol. The molecule has 1 aromatic heterocycles. The summed E-state index contributed by atoms with van der Waals surface area (Å²) in [7, 11) is 0. The highest BCUT2D eigenvalue weighted by molar-refractivity contribution is 5.25. The third-order valence-electron chi connectivity index (χ3n) is 2.37. The summed E-state index contributed by atoms with van der Waals surface area (Å²) < 4.78 is 33.8. The van der Waals surface area contributed by atoms with Crippen molar-refractivity contribution in [3.8, 4) is 5.75 Å². The van der Waals surface area contributed by atoms with Crippen molar-refractivity contribution in [3.63, 3.8) is 0 Å². The lowest BCUT2D eigenvalue weighted by atomic mass is 10.1. The van der Waals surface area contributed by atoms with E-state index in [2.05, 4.69) is 4.98 Å². The molecule has 4 nitrogen and oxygen atoms in total. The van der Waals surface area contributed by atoms with Gasteiger partial charge >= 0.3 is 0 Å². The highest BCUT2D eigenvalue weighted by Crippen LogP contribution is 2.20. The summed E-state index contributed by atoms with van der Waals surface area (Å²) in [4.78, 5) is 3.97. The maximum atomic E-state index is 11.8. The van der Waals surface area contributed by atoms with E-state index in [0.717, 1.165) is 6.42 Å². The molecule has 1 N–H and O–H groups in total. The number of nitrogens with zero attached hydrogens (tertiary/aromatic N) is 1. The van der Waals surface area contributed by atoms with Gasteiger partial charge in [-0.25, -0.2) is 8.78 Å². The van der Waals surface area contributed by atoms with Crippen molar-refractivity contribution in [3.05, 3.63) is 24.0 Å². The van der Waals surface area contributed by atoms with Crippen molar-refractivity contribution in [1.29, 1.82) is 0 Å². The minimum atomic E-state index is -2.48. The molecule has 108 valence electrons. The first-order chi connectivity index (χ1) is 9.13. The Kier molecular flexibility index (Phi) is 7.28. The van der Waals surface area contributed by atoms with E-state index in [0.29, 0.717) is 17.9 Å². The largest absolute Gasteiger partial charge is 0.492 e. The normalized spacial score (nSPS) is 12.7. The van der Waals surface area contributed by atoms with Gasteiger partial charge in [-0.1, -0.05) is 6.92 Å². The molecule has 1 rings (SSSR count). The van der Waals surface area contributed by atoms with E-state index in [9.17, 15) is 13.9 Å². The molecule has 0 saturated heterocycles. The number of aliphatic hydroxyl groups is 1. The smallest absolute Gasteiger partial charge is 0.261 e. The molecule has 19 heavy (non-hydrogen) atoms. The molecule has 1 atom stereocenters. The van der Waals surface area contributed by atoms with Gasteiger partial charge in [0, 0.05) is 24.8 Å². The SMILES string of the molecule is CCCOc1cncc(C(O)CCOCC(F)F)c1. The number of halogens is 2. The van der Waals surface area contributed by atoms with Crippen LogP contribution in [0.25, 0.3) is 0 Å². The highest BCUT2D eigenvalue weighted by atomic mass is 19.3. The van der Waals surface area contributed by atoms with Crippen LogP contribution in [0, 0.1) is 0 Å². The van der Waals surface area contributed by atoms with Crippen molar-refractivity contribution < 1.29 is 23.4 Å². The molecule has 0 fully saturated rings. The number of rotatable bonds is 9. The highest BCUT2D eigenvalue weighted by Gasteiger charge is 2.10. The van der Waals surface area contributed by atoms with E-state index >= 15 is 0 Å². The van der Waals surface area contributed by atoms with E-state index in [1.54, 1.807) is 12.3 Å². The molecule has 0 saturated carbocycles. The monoisotopic (exact) mass is 275 g/mol. The Labute approximate surface area is 111 Å². The Morgan fingerprint density at radius 1 is 1.32 bits per heavy atom. The molecule has 1 aromatic rings. The second-order valence-electron chi connectivity index (χ2n) is 4.07. The van der Waals surface area contributed by atoms with Crippen LogP contribution in [0.3, 0.4) is 0 Å². The minimum Gasteiger partial charge on any atom is -0.492 e. The number of aromatic nitrogens is 1. The molecule has 0 aromatic carbocycles. The van der Waals surface area contributed by atoms with Gasteiger partial charge in [-0.3, -0.25) is 4.98 Å². The van der Waals surface area contributed by atoms with Gasteiger partial charge in [0.05, 0.1) is 18.9 Å². The Morgan fingerprint density at radius 3 is 2.79 bits per heavy atom. The second-order valence-corrected chi connectivity index (χ2v) is 4.07. The molecular weight excluding hydrogens is 256 g/mol. The van der Waals surface area contributed by atoms with E-state index in [-0.39, 0.29) is 13.0 Å². The van der Waals surface area contributed by atoms with Gasteiger partial charge in [-0.05, 0) is 12.5 Å². The number of pyridine rings is 1. The molecule has 6 heteroatoms. The van der Waals surface area contributed by atoms with Crippen LogP contribution >= 0.6 is 0 Å². The summed E-state index contributed by atoms with van der Waals surface area (Å²) in [6.45, 7) is 2.04. The van der Waals surface area contributed by atoms with Gasteiger partial charge in [0.15, 0.2) is 0 Å². The summed E-state index contributed by atoms with van der Waals surface area (Å²) in [6.07, 6.45) is 0.940. The van der Waals surface area contributed by atoms with Crippen molar-refractivity contribution in [2.45, 2.75) is 32.3 Å². The predicted octanol–water partition coefficient (Wildman–Crippen LogP) is 2.58. The average Bonchev–Trinajstić information content (AvgIpc) is 2.41. The summed E-state index contributed by atoms with van der Waals surface area (Å²) in [5, 5.41) is 9.87. The van der Waals surface area contributed by atoms with Gasteiger partial charge in [0.2, 0.25) is 0 Å².